The first-order valence-electron chi connectivity index (χ1n) is 6.03. The fourth-order valence-corrected chi connectivity index (χ4v) is 2.04. The molecule has 0 aliphatic heterocycles. The van der Waals surface area contributed by atoms with Gasteiger partial charge in [-0.15, -0.1) is 0 Å². The van der Waals surface area contributed by atoms with Gasteiger partial charge in [0, 0.05) is 6.20 Å². The predicted octanol–water partition coefficient (Wildman–Crippen LogP) is 1.90. The van der Waals surface area contributed by atoms with E-state index in [2.05, 4.69) is 6.07 Å². The summed E-state index contributed by atoms with van der Waals surface area (Å²) in [6, 6.07) is 9.15. The van der Waals surface area contributed by atoms with Gasteiger partial charge in [0.05, 0.1) is 29.6 Å². The average Bonchev–Trinajstić information content (AvgIpc) is 2.83. The first kappa shape index (κ1) is 14.2. The molecule has 1 heterocycles. The maximum atomic E-state index is 11.9. The molecule has 6 nitrogen and oxygen atoms in total. The molecule has 0 aliphatic rings. The molecule has 0 radical (unpaired) electrons. The first-order chi connectivity index (χ1) is 10.0. The molecule has 0 saturated carbocycles. The van der Waals surface area contributed by atoms with Crippen molar-refractivity contribution in [3.05, 3.63) is 46.8 Å². The van der Waals surface area contributed by atoms with Crippen molar-refractivity contribution in [1.29, 1.82) is 10.5 Å². The van der Waals surface area contributed by atoms with Gasteiger partial charge in [-0.2, -0.15) is 10.5 Å². The quantitative estimate of drug-likeness (QED) is 0.846. The van der Waals surface area contributed by atoms with Crippen LogP contribution in [0.25, 0.3) is 5.69 Å². The maximum Gasteiger partial charge on any atom is 0.357 e. The molecule has 0 bridgehead atoms. The second kappa shape index (κ2) is 5.40. The molecule has 1 aromatic carbocycles. The largest absolute Gasteiger partial charge is 0.464 e. The molecular weight excluding hydrogens is 268 g/mol. The number of carbonyl (C=O) groups is 1. The number of nitrogens with zero attached hydrogens (tertiary/aromatic N) is 3. The number of esters is 1. The number of ether oxygens (including phenoxy) is 1. The third-order valence-electron chi connectivity index (χ3n) is 3.08. The number of carbonyl (C=O) groups excluding carboxylic acids is 1. The van der Waals surface area contributed by atoms with Crippen LogP contribution in [0.1, 0.15) is 27.2 Å². The summed E-state index contributed by atoms with van der Waals surface area (Å²) in [7, 11) is 1.23. The molecule has 6 heteroatoms. The number of nitrogen functional groups attached to an aromatic ring is 1. The fourth-order valence-electron chi connectivity index (χ4n) is 2.04. The number of aromatic nitrogens is 1. The monoisotopic (exact) mass is 280 g/mol. The van der Waals surface area contributed by atoms with E-state index in [1.54, 1.807) is 18.2 Å². The van der Waals surface area contributed by atoms with Crippen molar-refractivity contribution in [2.75, 3.05) is 12.8 Å². The molecule has 0 fully saturated rings. The Bertz CT molecular complexity index is 806. The lowest BCUT2D eigenvalue weighted by Crippen LogP contribution is -2.12. The van der Waals surface area contributed by atoms with E-state index < -0.39 is 5.97 Å². The Labute approximate surface area is 121 Å². The Kier molecular flexibility index (Phi) is 3.64. The SMILES string of the molecule is COC(=O)c1c(N)c(C#N)cn1-c1cc(C)ccc1C#N. The summed E-state index contributed by atoms with van der Waals surface area (Å²) in [6.07, 6.45) is 1.43. The molecule has 0 amide bonds. The van der Waals surface area contributed by atoms with Crippen molar-refractivity contribution >= 4 is 11.7 Å². The summed E-state index contributed by atoms with van der Waals surface area (Å²) in [5.41, 5.74) is 7.81. The number of nitriles is 2. The highest BCUT2D eigenvalue weighted by atomic mass is 16.5. The lowest BCUT2D eigenvalue weighted by atomic mass is 10.1. The van der Waals surface area contributed by atoms with Gasteiger partial charge in [-0.1, -0.05) is 6.07 Å². The van der Waals surface area contributed by atoms with Gasteiger partial charge in [0.15, 0.2) is 5.69 Å². The Balaban J connectivity index is 2.82. The average molecular weight is 280 g/mol. The summed E-state index contributed by atoms with van der Waals surface area (Å²) in [6.45, 7) is 1.86. The van der Waals surface area contributed by atoms with Crippen LogP contribution in [0.4, 0.5) is 5.69 Å². The summed E-state index contributed by atoms with van der Waals surface area (Å²) >= 11 is 0. The molecule has 0 saturated heterocycles. The number of aryl methyl sites for hydroxylation is 1. The molecule has 21 heavy (non-hydrogen) atoms. The number of benzene rings is 1. The molecule has 0 spiro atoms. The lowest BCUT2D eigenvalue weighted by Gasteiger charge is -2.10. The van der Waals surface area contributed by atoms with Crippen LogP contribution in [0.3, 0.4) is 0 Å². The third-order valence-corrected chi connectivity index (χ3v) is 3.08. The van der Waals surface area contributed by atoms with E-state index in [4.69, 9.17) is 15.7 Å². The second-order valence-corrected chi connectivity index (χ2v) is 4.41. The Morgan fingerprint density at radius 1 is 1.29 bits per heavy atom. The Morgan fingerprint density at radius 2 is 1.95 bits per heavy atom. The molecule has 1 aromatic heterocycles. The molecule has 2 aromatic rings. The van der Waals surface area contributed by atoms with Crippen LogP contribution in [-0.2, 0) is 4.74 Å². The fraction of sp³-hybridized carbons (Fsp3) is 0.133. The topological polar surface area (TPSA) is 105 Å². The normalized spacial score (nSPS) is 9.71. The molecule has 0 aliphatic carbocycles. The van der Waals surface area contributed by atoms with Crippen molar-refractivity contribution in [1.82, 2.24) is 4.57 Å². The highest BCUT2D eigenvalue weighted by Crippen LogP contribution is 2.26. The Morgan fingerprint density at radius 3 is 2.52 bits per heavy atom. The van der Waals surface area contributed by atoms with Crippen LogP contribution < -0.4 is 5.73 Å². The summed E-state index contributed by atoms with van der Waals surface area (Å²) in [5, 5.41) is 18.3. The molecular formula is C15H12N4O2. The number of rotatable bonds is 2. The zero-order valence-corrected chi connectivity index (χ0v) is 11.5. The van der Waals surface area contributed by atoms with E-state index in [9.17, 15) is 10.1 Å². The third kappa shape index (κ3) is 2.31. The molecule has 0 unspecified atom stereocenters. The van der Waals surface area contributed by atoms with E-state index in [0.717, 1.165) is 5.56 Å². The number of hydrogen-bond acceptors (Lipinski definition) is 5. The van der Waals surface area contributed by atoms with Crippen LogP contribution in [0.5, 0.6) is 0 Å². The smallest absolute Gasteiger partial charge is 0.357 e. The van der Waals surface area contributed by atoms with E-state index >= 15 is 0 Å². The van der Waals surface area contributed by atoms with Crippen LogP contribution in [0, 0.1) is 29.6 Å². The van der Waals surface area contributed by atoms with Gasteiger partial charge in [-0.3, -0.25) is 0 Å². The Hall–Kier alpha value is -3.25. The predicted molar refractivity (Wildman–Crippen MR) is 75.7 cm³/mol. The number of hydrogen-bond donors (Lipinski definition) is 1. The maximum absolute atomic E-state index is 11.9. The number of methoxy groups -OCH3 is 1. The lowest BCUT2D eigenvalue weighted by molar-refractivity contribution is 0.0593. The van der Waals surface area contributed by atoms with Crippen LogP contribution in [0.2, 0.25) is 0 Å². The van der Waals surface area contributed by atoms with E-state index in [1.807, 2.05) is 13.0 Å². The van der Waals surface area contributed by atoms with Gasteiger partial charge in [-0.25, -0.2) is 4.79 Å². The first-order valence-corrected chi connectivity index (χ1v) is 6.03. The van der Waals surface area contributed by atoms with Gasteiger partial charge in [0.2, 0.25) is 0 Å². The summed E-state index contributed by atoms with van der Waals surface area (Å²) in [4.78, 5) is 11.9. The van der Waals surface area contributed by atoms with E-state index in [0.29, 0.717) is 11.3 Å². The van der Waals surface area contributed by atoms with Crippen LogP contribution in [-0.4, -0.2) is 17.6 Å². The standard InChI is InChI=1S/C15H12N4O2/c1-9-3-4-10(6-16)12(5-9)19-8-11(7-17)13(18)14(19)15(20)21-2/h3-5,8H,18H2,1-2H3. The number of nitrogens with two attached hydrogens (primary N) is 1. The zero-order valence-electron chi connectivity index (χ0n) is 11.5. The van der Waals surface area contributed by atoms with Crippen molar-refractivity contribution < 1.29 is 9.53 Å². The molecule has 104 valence electrons. The van der Waals surface area contributed by atoms with E-state index in [-0.39, 0.29) is 16.9 Å². The molecule has 2 N–H and O–H groups in total. The highest BCUT2D eigenvalue weighted by Gasteiger charge is 2.22. The zero-order chi connectivity index (χ0) is 15.6. The summed E-state index contributed by atoms with van der Waals surface area (Å²) < 4.78 is 6.13. The van der Waals surface area contributed by atoms with Crippen molar-refractivity contribution in [2.45, 2.75) is 6.92 Å². The minimum Gasteiger partial charge on any atom is -0.464 e. The van der Waals surface area contributed by atoms with Crippen LogP contribution >= 0.6 is 0 Å². The van der Waals surface area contributed by atoms with Gasteiger partial charge >= 0.3 is 5.97 Å². The molecule has 0 atom stereocenters. The second-order valence-electron chi connectivity index (χ2n) is 4.41. The van der Waals surface area contributed by atoms with Gasteiger partial charge in [-0.05, 0) is 24.6 Å². The van der Waals surface area contributed by atoms with Gasteiger partial charge in [0.25, 0.3) is 0 Å². The van der Waals surface area contributed by atoms with E-state index in [1.165, 1.54) is 17.9 Å². The van der Waals surface area contributed by atoms with Crippen molar-refractivity contribution in [2.24, 2.45) is 0 Å². The van der Waals surface area contributed by atoms with Crippen molar-refractivity contribution in [3.63, 3.8) is 0 Å². The highest BCUT2D eigenvalue weighted by molar-refractivity contribution is 5.96. The van der Waals surface area contributed by atoms with Gasteiger partial charge in [0.1, 0.15) is 12.1 Å². The van der Waals surface area contributed by atoms with Crippen LogP contribution in [0.15, 0.2) is 24.4 Å². The minimum atomic E-state index is -0.667. The van der Waals surface area contributed by atoms with Crippen molar-refractivity contribution in [3.8, 4) is 17.8 Å². The minimum absolute atomic E-state index is 0.0368. The number of anilines is 1. The van der Waals surface area contributed by atoms with Gasteiger partial charge < -0.3 is 15.0 Å². The molecule has 2 rings (SSSR count). The summed E-state index contributed by atoms with van der Waals surface area (Å²) in [5.74, 6) is -0.667.